The lowest BCUT2D eigenvalue weighted by Crippen LogP contribution is -2.63. The van der Waals surface area contributed by atoms with Gasteiger partial charge in [0.2, 0.25) is 0 Å². The normalized spacial score (nSPS) is 32.7. The van der Waals surface area contributed by atoms with E-state index in [4.69, 9.17) is 5.73 Å². The quantitative estimate of drug-likeness (QED) is 0.795. The fraction of sp³-hybridized carbons (Fsp3) is 0.500. The van der Waals surface area contributed by atoms with Crippen LogP contribution in [0.1, 0.15) is 18.4 Å². The molecule has 1 aliphatic carbocycles. The molecule has 1 aliphatic heterocycles. The van der Waals surface area contributed by atoms with E-state index in [1.54, 1.807) is 12.1 Å². The molecular formula is C14H13BrF4N2O. The van der Waals surface area contributed by atoms with Gasteiger partial charge in [-0.15, -0.1) is 0 Å². The summed E-state index contributed by atoms with van der Waals surface area (Å²) in [6, 6.07) is 6.05. The minimum atomic E-state index is -5.22. The number of aliphatic imine (C=N–C) groups is 1. The van der Waals surface area contributed by atoms with Gasteiger partial charge in [0.1, 0.15) is 12.4 Å². The SMILES string of the molecule is NC1=NC(c2cccc(Br)c2)(C2CC2)C(F)(C(F)(F)F)OC1. The van der Waals surface area contributed by atoms with Crippen molar-refractivity contribution in [2.45, 2.75) is 30.4 Å². The van der Waals surface area contributed by atoms with E-state index in [-0.39, 0.29) is 11.4 Å². The highest BCUT2D eigenvalue weighted by atomic mass is 79.9. The fourth-order valence-electron chi connectivity index (χ4n) is 2.98. The van der Waals surface area contributed by atoms with Gasteiger partial charge in [0.05, 0.1) is 0 Å². The highest BCUT2D eigenvalue weighted by molar-refractivity contribution is 9.10. The Hall–Kier alpha value is -1.15. The number of benzene rings is 1. The summed E-state index contributed by atoms with van der Waals surface area (Å²) in [6.07, 6.45) is -4.34. The molecule has 1 aromatic carbocycles. The molecule has 0 aromatic heterocycles. The number of rotatable bonds is 2. The minimum absolute atomic E-state index is 0.104. The van der Waals surface area contributed by atoms with Crippen molar-refractivity contribution in [3.63, 3.8) is 0 Å². The van der Waals surface area contributed by atoms with Gasteiger partial charge >= 0.3 is 12.0 Å². The number of alkyl halides is 4. The van der Waals surface area contributed by atoms with Gasteiger partial charge < -0.3 is 10.5 Å². The maximum atomic E-state index is 15.2. The van der Waals surface area contributed by atoms with Gasteiger partial charge in [-0.3, -0.25) is 4.99 Å². The highest BCUT2D eigenvalue weighted by Gasteiger charge is 2.76. The number of amidine groups is 1. The second-order valence-corrected chi connectivity index (χ2v) is 6.45. The Morgan fingerprint density at radius 1 is 1.32 bits per heavy atom. The Morgan fingerprint density at radius 3 is 2.55 bits per heavy atom. The molecule has 2 atom stereocenters. The Balaban J connectivity index is 2.28. The zero-order valence-corrected chi connectivity index (χ0v) is 12.9. The highest BCUT2D eigenvalue weighted by Crippen LogP contribution is 2.61. The van der Waals surface area contributed by atoms with Crippen LogP contribution in [-0.4, -0.2) is 24.5 Å². The van der Waals surface area contributed by atoms with Crippen LogP contribution in [0.15, 0.2) is 33.7 Å². The maximum absolute atomic E-state index is 15.2. The van der Waals surface area contributed by atoms with Crippen LogP contribution in [0, 0.1) is 5.92 Å². The first-order chi connectivity index (χ1) is 10.2. The average molecular weight is 381 g/mol. The smallest absolute Gasteiger partial charge is 0.385 e. The van der Waals surface area contributed by atoms with Crippen LogP contribution in [0.5, 0.6) is 0 Å². The maximum Gasteiger partial charge on any atom is 0.451 e. The van der Waals surface area contributed by atoms with E-state index in [0.717, 1.165) is 0 Å². The summed E-state index contributed by atoms with van der Waals surface area (Å²) in [7, 11) is 0. The van der Waals surface area contributed by atoms with Gasteiger partial charge in [0, 0.05) is 4.47 Å². The van der Waals surface area contributed by atoms with Crippen molar-refractivity contribution in [3.05, 3.63) is 34.3 Å². The van der Waals surface area contributed by atoms with Crippen LogP contribution in [0.3, 0.4) is 0 Å². The Morgan fingerprint density at radius 2 is 2.00 bits per heavy atom. The monoisotopic (exact) mass is 380 g/mol. The van der Waals surface area contributed by atoms with E-state index in [9.17, 15) is 13.2 Å². The molecule has 1 saturated carbocycles. The molecule has 8 heteroatoms. The summed E-state index contributed by atoms with van der Waals surface area (Å²) < 4.78 is 60.8. The van der Waals surface area contributed by atoms with Crippen molar-refractivity contribution < 1.29 is 22.3 Å². The van der Waals surface area contributed by atoms with Gasteiger partial charge in [0.25, 0.3) is 0 Å². The third-order valence-electron chi connectivity index (χ3n) is 4.03. The Bertz CT molecular complexity index is 632. The van der Waals surface area contributed by atoms with Gasteiger partial charge in [-0.2, -0.15) is 17.6 Å². The van der Waals surface area contributed by atoms with Gasteiger partial charge in [-0.25, -0.2) is 0 Å². The lowest BCUT2D eigenvalue weighted by atomic mass is 9.77. The van der Waals surface area contributed by atoms with E-state index < -0.39 is 30.1 Å². The Labute approximate surface area is 132 Å². The van der Waals surface area contributed by atoms with Crippen molar-refractivity contribution >= 4 is 21.8 Å². The van der Waals surface area contributed by atoms with Gasteiger partial charge in [-0.1, -0.05) is 28.1 Å². The number of nitrogens with two attached hydrogens (primary N) is 1. The summed E-state index contributed by atoms with van der Waals surface area (Å²) >= 11 is 3.20. The molecule has 2 unspecified atom stereocenters. The van der Waals surface area contributed by atoms with E-state index in [0.29, 0.717) is 17.3 Å². The van der Waals surface area contributed by atoms with Crippen molar-refractivity contribution in [1.82, 2.24) is 0 Å². The number of hydrogen-bond donors (Lipinski definition) is 1. The number of hydrogen-bond acceptors (Lipinski definition) is 3. The first kappa shape index (κ1) is 15.7. The second-order valence-electron chi connectivity index (χ2n) is 5.54. The molecule has 0 spiro atoms. The van der Waals surface area contributed by atoms with Crippen molar-refractivity contribution in [2.24, 2.45) is 16.6 Å². The summed E-state index contributed by atoms with van der Waals surface area (Å²) in [5.41, 5.74) is 3.50. The van der Waals surface area contributed by atoms with Crippen molar-refractivity contribution in [2.75, 3.05) is 6.61 Å². The molecule has 0 bridgehead atoms. The topological polar surface area (TPSA) is 47.6 Å². The molecule has 0 radical (unpaired) electrons. The van der Waals surface area contributed by atoms with Crippen LogP contribution in [0.25, 0.3) is 0 Å². The second kappa shape index (κ2) is 4.92. The molecule has 120 valence electrons. The summed E-state index contributed by atoms with van der Waals surface area (Å²) in [5.74, 6) is -4.64. The van der Waals surface area contributed by atoms with Crippen LogP contribution in [0.2, 0.25) is 0 Å². The molecular weight excluding hydrogens is 368 g/mol. The summed E-state index contributed by atoms with van der Waals surface area (Å²) in [4.78, 5) is 3.96. The molecule has 2 N–H and O–H groups in total. The number of ether oxygens (including phenoxy) is 1. The lowest BCUT2D eigenvalue weighted by molar-refractivity contribution is -0.362. The first-order valence-electron chi connectivity index (χ1n) is 6.70. The largest absolute Gasteiger partial charge is 0.451 e. The molecule has 1 fully saturated rings. The average Bonchev–Trinajstić information content (AvgIpc) is 3.25. The third-order valence-corrected chi connectivity index (χ3v) is 4.52. The predicted molar refractivity (Wildman–Crippen MR) is 76.0 cm³/mol. The minimum Gasteiger partial charge on any atom is -0.385 e. The van der Waals surface area contributed by atoms with Gasteiger partial charge in [0.15, 0.2) is 5.54 Å². The van der Waals surface area contributed by atoms with Crippen molar-refractivity contribution in [1.29, 1.82) is 0 Å². The summed E-state index contributed by atoms with van der Waals surface area (Å²) in [6.45, 7) is -0.682. The molecule has 1 heterocycles. The summed E-state index contributed by atoms with van der Waals surface area (Å²) in [5, 5.41) is 0. The van der Waals surface area contributed by atoms with E-state index in [1.165, 1.54) is 12.1 Å². The van der Waals surface area contributed by atoms with Gasteiger partial charge in [-0.05, 0) is 36.5 Å². The third kappa shape index (κ3) is 2.15. The zero-order chi connectivity index (χ0) is 16.2. The molecule has 2 aliphatic rings. The van der Waals surface area contributed by atoms with E-state index >= 15 is 4.39 Å². The molecule has 22 heavy (non-hydrogen) atoms. The number of halogens is 5. The molecule has 0 saturated heterocycles. The lowest BCUT2D eigenvalue weighted by Gasteiger charge is -2.46. The van der Waals surface area contributed by atoms with Crippen molar-refractivity contribution in [3.8, 4) is 0 Å². The molecule has 1 aromatic rings. The molecule has 3 rings (SSSR count). The molecule has 3 nitrogen and oxygen atoms in total. The molecule has 0 amide bonds. The fourth-order valence-corrected chi connectivity index (χ4v) is 3.38. The van der Waals surface area contributed by atoms with Crippen LogP contribution >= 0.6 is 15.9 Å². The standard InChI is InChI=1S/C14H13BrF4N2O/c15-10-3-1-2-9(6-10)12(8-4-5-8)13(16,14(17,18)19)22-7-11(20)21-12/h1-3,6,8H,4-5,7H2,(H2,20,21). The Kier molecular flexibility index (Phi) is 3.52. The van der Waals surface area contributed by atoms with Crippen LogP contribution in [-0.2, 0) is 10.3 Å². The predicted octanol–water partition coefficient (Wildman–Crippen LogP) is 3.67. The van der Waals surface area contributed by atoms with E-state index in [1.807, 2.05) is 0 Å². The zero-order valence-electron chi connectivity index (χ0n) is 11.3. The number of nitrogens with zero attached hydrogens (tertiary/aromatic N) is 1. The van der Waals surface area contributed by atoms with Crippen LogP contribution < -0.4 is 5.73 Å². The van der Waals surface area contributed by atoms with Crippen LogP contribution in [0.4, 0.5) is 17.6 Å². The first-order valence-corrected chi connectivity index (χ1v) is 7.50. The van der Waals surface area contributed by atoms with E-state index in [2.05, 4.69) is 25.7 Å².